The van der Waals surface area contributed by atoms with Gasteiger partial charge in [0.2, 0.25) is 6.79 Å². The van der Waals surface area contributed by atoms with Crippen LogP contribution < -0.4 is 14.4 Å². The second kappa shape index (κ2) is 10.9. The lowest BCUT2D eigenvalue weighted by Crippen LogP contribution is -2.47. The first-order valence-corrected chi connectivity index (χ1v) is 13.6. The van der Waals surface area contributed by atoms with E-state index in [1.807, 2.05) is 6.07 Å². The number of para-hydroxylation sites is 1. The molecule has 0 amide bonds. The minimum atomic E-state index is -0.462. The van der Waals surface area contributed by atoms with E-state index in [1.54, 1.807) is 7.11 Å². The number of hydrogen-bond acceptors (Lipinski definition) is 6. The van der Waals surface area contributed by atoms with Crippen LogP contribution in [-0.4, -0.2) is 62.9 Å². The van der Waals surface area contributed by atoms with Crippen molar-refractivity contribution in [1.82, 2.24) is 4.90 Å². The molecule has 2 aliphatic heterocycles. The lowest BCUT2D eigenvalue weighted by Gasteiger charge is -2.38. The number of hydrogen-bond donors (Lipinski definition) is 0. The Balaban J connectivity index is 1.02. The Morgan fingerprint density at radius 2 is 1.74 bits per heavy atom. The SMILES string of the molecule is COC1(C(=O)CC2CCC(CCN3CCN(c4cccc5c4OCO5)CC3)CC2)CCCCC1. The van der Waals surface area contributed by atoms with E-state index in [2.05, 4.69) is 21.9 Å². The Kier molecular flexibility index (Phi) is 7.64. The van der Waals surface area contributed by atoms with Crippen LogP contribution in [0.4, 0.5) is 5.69 Å². The van der Waals surface area contributed by atoms with Gasteiger partial charge in [0.05, 0.1) is 5.69 Å². The predicted molar refractivity (Wildman–Crippen MR) is 134 cm³/mol. The van der Waals surface area contributed by atoms with Crippen LogP contribution in [0.5, 0.6) is 11.5 Å². The van der Waals surface area contributed by atoms with Crippen LogP contribution in [0, 0.1) is 11.8 Å². The molecular weight excluding hydrogens is 428 g/mol. The van der Waals surface area contributed by atoms with Crippen LogP contribution in [0.3, 0.4) is 0 Å². The summed E-state index contributed by atoms with van der Waals surface area (Å²) in [7, 11) is 1.74. The summed E-state index contributed by atoms with van der Waals surface area (Å²) >= 11 is 0. The van der Waals surface area contributed by atoms with Crippen molar-refractivity contribution in [3.05, 3.63) is 18.2 Å². The number of fused-ring (bicyclic) bond motifs is 1. The van der Waals surface area contributed by atoms with Crippen LogP contribution in [0.1, 0.15) is 70.6 Å². The largest absolute Gasteiger partial charge is 0.454 e. The fourth-order valence-corrected chi connectivity index (χ4v) is 6.63. The second-order valence-corrected chi connectivity index (χ2v) is 10.9. The number of rotatable bonds is 8. The number of piperazine rings is 1. The quantitative estimate of drug-likeness (QED) is 0.530. The third-order valence-electron chi connectivity index (χ3n) is 8.94. The molecule has 2 saturated carbocycles. The second-order valence-electron chi connectivity index (χ2n) is 10.9. The zero-order chi connectivity index (χ0) is 23.4. The zero-order valence-electron chi connectivity index (χ0n) is 20.9. The first kappa shape index (κ1) is 23.9. The van der Waals surface area contributed by atoms with Gasteiger partial charge in [-0.15, -0.1) is 0 Å². The van der Waals surface area contributed by atoms with Gasteiger partial charge in [0.1, 0.15) is 5.60 Å². The fourth-order valence-electron chi connectivity index (χ4n) is 6.63. The highest BCUT2D eigenvalue weighted by Gasteiger charge is 2.40. The molecule has 0 spiro atoms. The standard InChI is InChI=1S/C28H42N2O4/c1-32-28(13-3-2-4-14-28)26(31)20-23-10-8-22(9-11-23)12-15-29-16-18-30(19-17-29)24-6-5-7-25-27(24)34-21-33-25/h5-7,22-23H,2-4,8-21H2,1H3. The Hall–Kier alpha value is -1.79. The summed E-state index contributed by atoms with van der Waals surface area (Å²) in [6, 6.07) is 6.19. The van der Waals surface area contributed by atoms with Gasteiger partial charge in [0.15, 0.2) is 17.3 Å². The van der Waals surface area contributed by atoms with E-state index in [1.165, 1.54) is 50.8 Å². The number of carbonyl (C=O) groups excluding carboxylic acids is 1. The van der Waals surface area contributed by atoms with E-state index < -0.39 is 5.60 Å². The number of methoxy groups -OCH3 is 1. The van der Waals surface area contributed by atoms with Gasteiger partial charge >= 0.3 is 0 Å². The Morgan fingerprint density at radius 1 is 1.00 bits per heavy atom. The summed E-state index contributed by atoms with van der Waals surface area (Å²) in [6.45, 7) is 5.81. The maximum atomic E-state index is 13.1. The topological polar surface area (TPSA) is 51.2 Å². The van der Waals surface area contributed by atoms with E-state index >= 15 is 0 Å². The van der Waals surface area contributed by atoms with Crippen molar-refractivity contribution >= 4 is 11.5 Å². The third-order valence-corrected chi connectivity index (χ3v) is 8.94. The highest BCUT2D eigenvalue weighted by Crippen LogP contribution is 2.41. The van der Waals surface area contributed by atoms with Gasteiger partial charge in [-0.3, -0.25) is 9.69 Å². The lowest BCUT2D eigenvalue weighted by atomic mass is 9.74. The summed E-state index contributed by atoms with van der Waals surface area (Å²) < 4.78 is 17.0. The molecule has 1 saturated heterocycles. The van der Waals surface area contributed by atoms with Gasteiger partial charge in [0.25, 0.3) is 0 Å². The maximum Gasteiger partial charge on any atom is 0.231 e. The van der Waals surface area contributed by atoms with Crippen LogP contribution in [0.2, 0.25) is 0 Å². The molecule has 188 valence electrons. The summed E-state index contributed by atoms with van der Waals surface area (Å²) in [5.74, 6) is 3.55. The van der Waals surface area contributed by atoms with Gasteiger partial charge in [-0.1, -0.05) is 38.2 Å². The molecule has 6 nitrogen and oxygen atoms in total. The molecular formula is C28H42N2O4. The molecule has 0 radical (unpaired) electrons. The number of ether oxygens (including phenoxy) is 3. The molecule has 1 aromatic rings. The van der Waals surface area contributed by atoms with E-state index in [-0.39, 0.29) is 0 Å². The molecule has 3 fully saturated rings. The molecule has 1 aromatic carbocycles. The van der Waals surface area contributed by atoms with Crippen LogP contribution >= 0.6 is 0 Å². The Morgan fingerprint density at radius 3 is 2.47 bits per heavy atom. The highest BCUT2D eigenvalue weighted by molar-refractivity contribution is 5.87. The molecule has 0 bridgehead atoms. The summed E-state index contributed by atoms with van der Waals surface area (Å²) in [5, 5.41) is 0. The minimum Gasteiger partial charge on any atom is -0.454 e. The van der Waals surface area contributed by atoms with Gasteiger partial charge in [0, 0.05) is 39.7 Å². The minimum absolute atomic E-state index is 0.329. The number of carbonyl (C=O) groups is 1. The summed E-state index contributed by atoms with van der Waals surface area (Å²) in [6.07, 6.45) is 12.4. The van der Waals surface area contributed by atoms with E-state index in [4.69, 9.17) is 14.2 Å². The Labute approximate surface area is 204 Å². The number of Topliss-reactive ketones (excluding diaryl/α,β-unsaturated/α-hetero) is 1. The van der Waals surface area contributed by atoms with Crippen LogP contribution in [0.15, 0.2) is 18.2 Å². The van der Waals surface area contributed by atoms with Crippen molar-refractivity contribution in [2.75, 3.05) is 51.5 Å². The number of anilines is 1. The highest BCUT2D eigenvalue weighted by atomic mass is 16.7. The van der Waals surface area contributed by atoms with Gasteiger partial charge in [-0.25, -0.2) is 0 Å². The van der Waals surface area contributed by atoms with E-state index in [0.29, 0.717) is 18.5 Å². The monoisotopic (exact) mass is 470 g/mol. The number of nitrogens with zero attached hydrogens (tertiary/aromatic N) is 2. The molecule has 0 N–H and O–H groups in total. The predicted octanol–water partition coefficient (Wildman–Crippen LogP) is 5.04. The Bertz CT molecular complexity index is 822. The molecule has 0 atom stereocenters. The molecule has 2 aliphatic carbocycles. The number of ketones is 1. The molecule has 0 aromatic heterocycles. The van der Waals surface area contributed by atoms with E-state index in [9.17, 15) is 4.79 Å². The van der Waals surface area contributed by atoms with Crippen molar-refractivity contribution in [2.45, 2.75) is 76.2 Å². The van der Waals surface area contributed by atoms with Crippen molar-refractivity contribution in [1.29, 1.82) is 0 Å². The third kappa shape index (κ3) is 5.23. The van der Waals surface area contributed by atoms with Crippen LogP contribution in [-0.2, 0) is 9.53 Å². The first-order chi connectivity index (χ1) is 16.7. The maximum absolute atomic E-state index is 13.1. The molecule has 2 heterocycles. The van der Waals surface area contributed by atoms with Crippen molar-refractivity contribution in [3.8, 4) is 11.5 Å². The van der Waals surface area contributed by atoms with Crippen molar-refractivity contribution in [3.63, 3.8) is 0 Å². The molecule has 5 rings (SSSR count). The van der Waals surface area contributed by atoms with Gasteiger partial charge in [-0.2, -0.15) is 0 Å². The van der Waals surface area contributed by atoms with Crippen molar-refractivity contribution < 1.29 is 19.0 Å². The van der Waals surface area contributed by atoms with Gasteiger partial charge in [-0.05, 0) is 62.6 Å². The van der Waals surface area contributed by atoms with Crippen molar-refractivity contribution in [2.24, 2.45) is 11.8 Å². The zero-order valence-corrected chi connectivity index (χ0v) is 20.9. The number of benzene rings is 1. The average Bonchev–Trinajstić information content (AvgIpc) is 3.38. The first-order valence-electron chi connectivity index (χ1n) is 13.6. The average molecular weight is 471 g/mol. The van der Waals surface area contributed by atoms with Gasteiger partial charge < -0.3 is 19.1 Å². The molecule has 34 heavy (non-hydrogen) atoms. The smallest absolute Gasteiger partial charge is 0.231 e. The summed E-state index contributed by atoms with van der Waals surface area (Å²) in [4.78, 5) is 18.1. The normalized spacial score (nSPS) is 27.0. The van der Waals surface area contributed by atoms with E-state index in [0.717, 1.165) is 75.7 Å². The summed E-state index contributed by atoms with van der Waals surface area (Å²) in [5.41, 5.74) is 0.710. The lowest BCUT2D eigenvalue weighted by molar-refractivity contribution is -0.146. The fraction of sp³-hybridized carbons (Fsp3) is 0.750. The molecule has 0 unspecified atom stereocenters. The van der Waals surface area contributed by atoms with Crippen LogP contribution in [0.25, 0.3) is 0 Å². The molecule has 4 aliphatic rings. The molecule has 6 heteroatoms.